The summed E-state index contributed by atoms with van der Waals surface area (Å²) in [6.07, 6.45) is 2.77. The zero-order chi connectivity index (χ0) is 22.0. The molecule has 0 bridgehead atoms. The summed E-state index contributed by atoms with van der Waals surface area (Å²) in [6.45, 7) is 0.608. The molecule has 1 atom stereocenters. The lowest BCUT2D eigenvalue weighted by Crippen LogP contribution is -2.53. The van der Waals surface area contributed by atoms with E-state index in [0.717, 1.165) is 12.1 Å². The summed E-state index contributed by atoms with van der Waals surface area (Å²) in [5.74, 6) is -0.896. The molecule has 1 saturated heterocycles. The van der Waals surface area contributed by atoms with E-state index in [1.807, 2.05) is 30.3 Å². The zero-order valence-electron chi connectivity index (χ0n) is 17.1. The molecule has 0 radical (unpaired) electrons. The van der Waals surface area contributed by atoms with Gasteiger partial charge in [-0.15, -0.1) is 0 Å². The van der Waals surface area contributed by atoms with E-state index in [1.54, 1.807) is 11.9 Å². The van der Waals surface area contributed by atoms with E-state index in [2.05, 4.69) is 0 Å². The number of nitrogens with zero attached hydrogens (tertiary/aromatic N) is 3. The molecule has 158 valence electrons. The molecular weight excluding hydrogens is 397 g/mol. The number of anilines is 1. The van der Waals surface area contributed by atoms with Crippen molar-refractivity contribution in [2.75, 3.05) is 18.5 Å². The molecule has 0 N–H and O–H groups in total. The number of hydrogen-bond acceptors (Lipinski definition) is 3. The van der Waals surface area contributed by atoms with Gasteiger partial charge >= 0.3 is 0 Å². The highest BCUT2D eigenvalue weighted by Crippen LogP contribution is 2.24. The summed E-state index contributed by atoms with van der Waals surface area (Å²) in [5, 5.41) is 0. The second-order valence-electron chi connectivity index (χ2n) is 7.50. The highest BCUT2D eigenvalue weighted by Gasteiger charge is 2.34. The number of carbonyl (C=O) groups excluding carboxylic acids is 2. The van der Waals surface area contributed by atoms with Crippen LogP contribution in [0.5, 0.6) is 0 Å². The van der Waals surface area contributed by atoms with E-state index in [9.17, 15) is 18.8 Å². The molecule has 31 heavy (non-hydrogen) atoms. The van der Waals surface area contributed by atoms with Crippen LogP contribution in [0.15, 0.2) is 77.7 Å². The van der Waals surface area contributed by atoms with Gasteiger partial charge in [0.05, 0.1) is 5.56 Å². The van der Waals surface area contributed by atoms with Crippen molar-refractivity contribution in [3.8, 4) is 5.69 Å². The average molecular weight is 419 g/mol. The van der Waals surface area contributed by atoms with Crippen molar-refractivity contribution < 1.29 is 14.0 Å². The highest BCUT2D eigenvalue weighted by molar-refractivity contribution is 6.02. The number of hydrogen-bond donors (Lipinski definition) is 0. The number of aromatic nitrogens is 1. The molecule has 7 heteroatoms. The van der Waals surface area contributed by atoms with Gasteiger partial charge in [-0.2, -0.15) is 0 Å². The van der Waals surface area contributed by atoms with E-state index in [-0.39, 0.29) is 22.9 Å². The van der Waals surface area contributed by atoms with Crippen molar-refractivity contribution in [3.05, 3.63) is 94.7 Å². The van der Waals surface area contributed by atoms with Gasteiger partial charge in [-0.05, 0) is 55.3 Å². The summed E-state index contributed by atoms with van der Waals surface area (Å²) in [5.41, 5.74) is 1.20. The normalized spacial score (nSPS) is 16.3. The number of rotatable bonds is 4. The molecule has 2 amide bonds. The van der Waals surface area contributed by atoms with Crippen LogP contribution in [-0.4, -0.2) is 40.9 Å². The molecule has 6 nitrogen and oxygen atoms in total. The largest absolute Gasteiger partial charge is 0.330 e. The van der Waals surface area contributed by atoms with Crippen molar-refractivity contribution in [3.63, 3.8) is 0 Å². The van der Waals surface area contributed by atoms with Gasteiger partial charge in [0, 0.05) is 37.2 Å². The SMILES string of the molecule is CN(C(=O)c1ccc(=O)n(-c2ccc(F)cc2)c1)C1CCCN(c2ccccc2)C1=O. The molecule has 1 aliphatic rings. The molecular formula is C24H22FN3O3. The topological polar surface area (TPSA) is 62.6 Å². The Morgan fingerprint density at radius 3 is 2.39 bits per heavy atom. The Kier molecular flexibility index (Phi) is 5.66. The lowest BCUT2D eigenvalue weighted by Gasteiger charge is -2.36. The third-order valence-electron chi connectivity index (χ3n) is 5.53. The van der Waals surface area contributed by atoms with Gasteiger partial charge in [0.2, 0.25) is 5.91 Å². The van der Waals surface area contributed by atoms with E-state index >= 15 is 0 Å². The van der Waals surface area contributed by atoms with Crippen LogP contribution in [0, 0.1) is 5.82 Å². The van der Waals surface area contributed by atoms with E-state index in [4.69, 9.17) is 0 Å². The predicted octanol–water partition coefficient (Wildman–Crippen LogP) is 3.24. The first-order chi connectivity index (χ1) is 15.0. The van der Waals surface area contributed by atoms with Crippen LogP contribution in [0.3, 0.4) is 0 Å². The fraction of sp³-hybridized carbons (Fsp3) is 0.208. The number of pyridine rings is 1. The first-order valence-electron chi connectivity index (χ1n) is 10.1. The minimum Gasteiger partial charge on any atom is -0.330 e. The monoisotopic (exact) mass is 419 g/mol. The van der Waals surface area contributed by atoms with Crippen LogP contribution in [0.4, 0.5) is 10.1 Å². The highest BCUT2D eigenvalue weighted by atomic mass is 19.1. The molecule has 2 aromatic carbocycles. The molecule has 0 spiro atoms. The second-order valence-corrected chi connectivity index (χ2v) is 7.50. The third-order valence-corrected chi connectivity index (χ3v) is 5.53. The minimum absolute atomic E-state index is 0.125. The Balaban J connectivity index is 1.59. The summed E-state index contributed by atoms with van der Waals surface area (Å²) in [6, 6.07) is 17.0. The van der Waals surface area contributed by atoms with Crippen LogP contribution in [-0.2, 0) is 4.79 Å². The van der Waals surface area contributed by atoms with Crippen molar-refractivity contribution >= 4 is 17.5 Å². The smallest absolute Gasteiger partial charge is 0.255 e. The number of likely N-dealkylation sites (N-methyl/N-ethyl adjacent to an activating group) is 1. The van der Waals surface area contributed by atoms with Crippen molar-refractivity contribution in [2.45, 2.75) is 18.9 Å². The molecule has 2 heterocycles. The van der Waals surface area contributed by atoms with Gasteiger partial charge in [-0.3, -0.25) is 19.0 Å². The quantitative estimate of drug-likeness (QED) is 0.652. The number of piperidine rings is 1. The van der Waals surface area contributed by atoms with Crippen LogP contribution in [0.25, 0.3) is 5.69 Å². The number of carbonyl (C=O) groups is 2. The van der Waals surface area contributed by atoms with Crippen molar-refractivity contribution in [1.82, 2.24) is 9.47 Å². The molecule has 1 aromatic heterocycles. The van der Waals surface area contributed by atoms with Crippen LogP contribution >= 0.6 is 0 Å². The lowest BCUT2D eigenvalue weighted by molar-refractivity contribution is -0.124. The maximum absolute atomic E-state index is 13.2. The molecule has 0 aliphatic carbocycles. The molecule has 4 rings (SSSR count). The van der Waals surface area contributed by atoms with E-state index < -0.39 is 11.9 Å². The first-order valence-corrected chi connectivity index (χ1v) is 10.1. The molecule has 1 aliphatic heterocycles. The van der Waals surface area contributed by atoms with E-state index in [1.165, 1.54) is 52.1 Å². The number of para-hydroxylation sites is 1. The van der Waals surface area contributed by atoms with Crippen LogP contribution < -0.4 is 10.5 Å². The second kappa shape index (κ2) is 8.55. The molecule has 0 saturated carbocycles. The Bertz CT molecular complexity index is 1160. The Labute approximate surface area is 179 Å². The Morgan fingerprint density at radius 2 is 1.68 bits per heavy atom. The number of halogens is 1. The summed E-state index contributed by atoms with van der Waals surface area (Å²) < 4.78 is 14.5. The van der Waals surface area contributed by atoms with Gasteiger partial charge in [0.1, 0.15) is 11.9 Å². The third kappa shape index (κ3) is 4.12. The van der Waals surface area contributed by atoms with Gasteiger partial charge in [-0.25, -0.2) is 4.39 Å². The summed E-state index contributed by atoms with van der Waals surface area (Å²) >= 11 is 0. The first kappa shape index (κ1) is 20.5. The Hall–Kier alpha value is -3.74. The standard InChI is InChI=1S/C24H22FN3O3/c1-26(21-8-5-15-27(24(21)31)19-6-3-2-4-7-19)23(30)17-9-14-22(29)28(16-17)20-12-10-18(25)11-13-20/h2-4,6-7,9-14,16,21H,5,8,15H2,1H3. The average Bonchev–Trinajstić information content (AvgIpc) is 2.80. The van der Waals surface area contributed by atoms with Gasteiger partial charge in [0.25, 0.3) is 11.5 Å². The number of benzene rings is 2. The predicted molar refractivity (Wildman–Crippen MR) is 116 cm³/mol. The van der Waals surface area contributed by atoms with Gasteiger partial charge in [0.15, 0.2) is 0 Å². The fourth-order valence-corrected chi connectivity index (χ4v) is 3.84. The summed E-state index contributed by atoms with van der Waals surface area (Å²) in [4.78, 5) is 41.7. The zero-order valence-corrected chi connectivity index (χ0v) is 17.1. The molecule has 3 aromatic rings. The minimum atomic E-state index is -0.590. The van der Waals surface area contributed by atoms with Crippen LogP contribution in [0.2, 0.25) is 0 Å². The van der Waals surface area contributed by atoms with Gasteiger partial charge in [-0.1, -0.05) is 18.2 Å². The van der Waals surface area contributed by atoms with Crippen LogP contribution in [0.1, 0.15) is 23.2 Å². The van der Waals surface area contributed by atoms with E-state index in [0.29, 0.717) is 18.7 Å². The summed E-state index contributed by atoms with van der Waals surface area (Å²) in [7, 11) is 1.60. The van der Waals surface area contributed by atoms with Gasteiger partial charge < -0.3 is 9.80 Å². The fourth-order valence-electron chi connectivity index (χ4n) is 3.84. The lowest BCUT2D eigenvalue weighted by atomic mass is 10.0. The van der Waals surface area contributed by atoms with Crippen molar-refractivity contribution in [2.24, 2.45) is 0 Å². The number of amides is 2. The van der Waals surface area contributed by atoms with Crippen molar-refractivity contribution in [1.29, 1.82) is 0 Å². The molecule has 1 unspecified atom stereocenters. The maximum Gasteiger partial charge on any atom is 0.255 e. The maximum atomic E-state index is 13.2. The molecule has 1 fully saturated rings. The Morgan fingerprint density at radius 1 is 0.968 bits per heavy atom.